The quantitative estimate of drug-likeness (QED) is 0.836. The lowest BCUT2D eigenvalue weighted by Crippen LogP contribution is -2.35. The van der Waals surface area contributed by atoms with Crippen molar-refractivity contribution >= 4 is 10.0 Å². The standard InChI is InChI=1S/C11H18N2O2S/c1-3-13(9-8-12)16(14,15)11-7-5-4-6-10(11)2/h4-7H,3,8-9,12H2,1-2H3. The Hall–Kier alpha value is -0.910. The molecule has 1 rings (SSSR count). The van der Waals surface area contributed by atoms with Crippen molar-refractivity contribution in [2.24, 2.45) is 5.73 Å². The van der Waals surface area contributed by atoms with E-state index in [0.717, 1.165) is 5.56 Å². The minimum Gasteiger partial charge on any atom is -0.329 e. The molecule has 0 aliphatic carbocycles. The van der Waals surface area contributed by atoms with Crippen LogP contribution in [0.15, 0.2) is 29.2 Å². The van der Waals surface area contributed by atoms with E-state index in [1.807, 2.05) is 13.0 Å². The number of sulfonamides is 1. The third kappa shape index (κ3) is 2.61. The van der Waals surface area contributed by atoms with Gasteiger partial charge in [0.1, 0.15) is 0 Å². The molecule has 0 bridgehead atoms. The summed E-state index contributed by atoms with van der Waals surface area (Å²) in [6.07, 6.45) is 0. The van der Waals surface area contributed by atoms with E-state index in [-0.39, 0.29) is 0 Å². The van der Waals surface area contributed by atoms with Crippen LogP contribution in [0, 0.1) is 6.92 Å². The van der Waals surface area contributed by atoms with Gasteiger partial charge in [-0.2, -0.15) is 4.31 Å². The number of rotatable bonds is 5. The molecule has 0 aromatic heterocycles. The maximum Gasteiger partial charge on any atom is 0.243 e. The number of nitrogens with zero attached hydrogens (tertiary/aromatic N) is 1. The highest BCUT2D eigenvalue weighted by molar-refractivity contribution is 7.89. The van der Waals surface area contributed by atoms with Gasteiger partial charge in [-0.25, -0.2) is 8.42 Å². The van der Waals surface area contributed by atoms with Crippen molar-refractivity contribution in [1.29, 1.82) is 0 Å². The second-order valence-electron chi connectivity index (χ2n) is 3.55. The zero-order chi connectivity index (χ0) is 12.2. The molecule has 0 spiro atoms. The third-order valence-electron chi connectivity index (χ3n) is 2.44. The fourth-order valence-corrected chi connectivity index (χ4v) is 3.27. The average Bonchev–Trinajstić information content (AvgIpc) is 2.26. The summed E-state index contributed by atoms with van der Waals surface area (Å²) >= 11 is 0. The highest BCUT2D eigenvalue weighted by atomic mass is 32.2. The molecule has 0 radical (unpaired) electrons. The predicted octanol–water partition coefficient (Wildman–Crippen LogP) is 0.964. The van der Waals surface area contributed by atoms with Crippen LogP contribution in [0.25, 0.3) is 0 Å². The monoisotopic (exact) mass is 242 g/mol. The van der Waals surface area contributed by atoms with E-state index in [2.05, 4.69) is 0 Å². The van der Waals surface area contributed by atoms with Crippen molar-refractivity contribution in [2.75, 3.05) is 19.6 Å². The first-order chi connectivity index (χ1) is 7.54. The van der Waals surface area contributed by atoms with Crippen LogP contribution in [0.1, 0.15) is 12.5 Å². The maximum absolute atomic E-state index is 12.2. The molecule has 1 aromatic carbocycles. The summed E-state index contributed by atoms with van der Waals surface area (Å²) in [7, 11) is -3.39. The fourth-order valence-electron chi connectivity index (χ4n) is 1.58. The largest absolute Gasteiger partial charge is 0.329 e. The van der Waals surface area contributed by atoms with Gasteiger partial charge in [-0.15, -0.1) is 0 Å². The van der Waals surface area contributed by atoms with Crippen molar-refractivity contribution in [2.45, 2.75) is 18.7 Å². The number of likely N-dealkylation sites (N-methyl/N-ethyl adjacent to an activating group) is 1. The lowest BCUT2D eigenvalue weighted by Gasteiger charge is -2.20. The van der Waals surface area contributed by atoms with Crippen LogP contribution in [0.3, 0.4) is 0 Å². The van der Waals surface area contributed by atoms with E-state index in [1.54, 1.807) is 25.1 Å². The van der Waals surface area contributed by atoms with Gasteiger partial charge in [0.05, 0.1) is 4.90 Å². The molecule has 0 unspecified atom stereocenters. The first-order valence-electron chi connectivity index (χ1n) is 5.30. The van der Waals surface area contributed by atoms with Gasteiger partial charge < -0.3 is 5.73 Å². The Morgan fingerprint density at radius 2 is 1.94 bits per heavy atom. The van der Waals surface area contributed by atoms with Crippen LogP contribution in [0.4, 0.5) is 0 Å². The summed E-state index contributed by atoms with van der Waals surface area (Å²) in [5.74, 6) is 0. The lowest BCUT2D eigenvalue weighted by molar-refractivity contribution is 0.435. The summed E-state index contributed by atoms with van der Waals surface area (Å²) < 4.78 is 25.9. The number of hydrogen-bond acceptors (Lipinski definition) is 3. The van der Waals surface area contributed by atoms with Gasteiger partial charge >= 0.3 is 0 Å². The van der Waals surface area contributed by atoms with E-state index >= 15 is 0 Å². The normalized spacial score (nSPS) is 12.0. The van der Waals surface area contributed by atoms with Crippen LogP contribution < -0.4 is 5.73 Å². The van der Waals surface area contributed by atoms with Gasteiger partial charge in [0.25, 0.3) is 0 Å². The summed E-state index contributed by atoms with van der Waals surface area (Å²) in [6.45, 7) is 4.73. The highest BCUT2D eigenvalue weighted by Crippen LogP contribution is 2.18. The van der Waals surface area contributed by atoms with Crippen LogP contribution in [0.2, 0.25) is 0 Å². The highest BCUT2D eigenvalue weighted by Gasteiger charge is 2.23. The van der Waals surface area contributed by atoms with E-state index in [4.69, 9.17) is 5.73 Å². The topological polar surface area (TPSA) is 63.4 Å². The Kier molecular flexibility index (Phi) is 4.46. The molecule has 0 aliphatic heterocycles. The number of aryl methyl sites for hydroxylation is 1. The predicted molar refractivity (Wildman–Crippen MR) is 64.7 cm³/mol. The summed E-state index contributed by atoms with van der Waals surface area (Å²) in [5, 5.41) is 0. The minimum atomic E-state index is -3.39. The molecule has 1 aromatic rings. The van der Waals surface area contributed by atoms with E-state index < -0.39 is 10.0 Å². The van der Waals surface area contributed by atoms with Crippen LogP contribution in [0.5, 0.6) is 0 Å². The van der Waals surface area contributed by atoms with E-state index in [9.17, 15) is 8.42 Å². The molecule has 0 amide bonds. The van der Waals surface area contributed by atoms with Gasteiger partial charge in [-0.1, -0.05) is 25.1 Å². The molecule has 0 aliphatic rings. The summed E-state index contributed by atoms with van der Waals surface area (Å²) in [5.41, 5.74) is 6.17. The van der Waals surface area contributed by atoms with E-state index in [0.29, 0.717) is 24.5 Å². The molecule has 0 heterocycles. The Bertz CT molecular complexity index is 443. The van der Waals surface area contributed by atoms with Crippen molar-refractivity contribution in [3.05, 3.63) is 29.8 Å². The van der Waals surface area contributed by atoms with Gasteiger partial charge in [0.2, 0.25) is 10.0 Å². The molecule has 2 N–H and O–H groups in total. The first kappa shape index (κ1) is 13.2. The lowest BCUT2D eigenvalue weighted by atomic mass is 10.2. The zero-order valence-electron chi connectivity index (χ0n) is 9.68. The SMILES string of the molecule is CCN(CCN)S(=O)(=O)c1ccccc1C. The van der Waals surface area contributed by atoms with Crippen molar-refractivity contribution in [3.8, 4) is 0 Å². The second kappa shape index (κ2) is 5.43. The third-order valence-corrected chi connectivity index (χ3v) is 4.58. The van der Waals surface area contributed by atoms with Crippen molar-refractivity contribution in [3.63, 3.8) is 0 Å². The molecule has 90 valence electrons. The number of hydrogen-bond donors (Lipinski definition) is 1. The van der Waals surface area contributed by atoms with Crippen LogP contribution in [-0.2, 0) is 10.0 Å². The Balaban J connectivity index is 3.15. The molecule has 0 saturated carbocycles. The van der Waals surface area contributed by atoms with Crippen LogP contribution >= 0.6 is 0 Å². The molecule has 0 saturated heterocycles. The maximum atomic E-state index is 12.2. The summed E-state index contributed by atoms with van der Waals surface area (Å²) in [6, 6.07) is 6.98. The molecule has 5 heteroatoms. The number of nitrogens with two attached hydrogens (primary N) is 1. The minimum absolute atomic E-state index is 0.332. The number of benzene rings is 1. The molecular weight excluding hydrogens is 224 g/mol. The van der Waals surface area contributed by atoms with Gasteiger partial charge in [-0.3, -0.25) is 0 Å². The van der Waals surface area contributed by atoms with Gasteiger partial charge in [0.15, 0.2) is 0 Å². The Labute approximate surface area is 97.1 Å². The Morgan fingerprint density at radius 3 is 2.44 bits per heavy atom. The second-order valence-corrected chi connectivity index (χ2v) is 5.46. The van der Waals surface area contributed by atoms with Gasteiger partial charge in [-0.05, 0) is 18.6 Å². The molecule has 16 heavy (non-hydrogen) atoms. The summed E-state index contributed by atoms with van der Waals surface area (Å²) in [4.78, 5) is 0.366. The fraction of sp³-hybridized carbons (Fsp3) is 0.455. The smallest absolute Gasteiger partial charge is 0.243 e. The zero-order valence-corrected chi connectivity index (χ0v) is 10.5. The molecule has 4 nitrogen and oxygen atoms in total. The van der Waals surface area contributed by atoms with Gasteiger partial charge in [0, 0.05) is 19.6 Å². The Morgan fingerprint density at radius 1 is 1.31 bits per heavy atom. The molecule has 0 atom stereocenters. The van der Waals surface area contributed by atoms with E-state index in [1.165, 1.54) is 4.31 Å². The molecule has 0 fully saturated rings. The first-order valence-corrected chi connectivity index (χ1v) is 6.74. The van der Waals surface area contributed by atoms with Crippen molar-refractivity contribution < 1.29 is 8.42 Å². The molecular formula is C11H18N2O2S. The average molecular weight is 242 g/mol. The van der Waals surface area contributed by atoms with Crippen molar-refractivity contribution in [1.82, 2.24) is 4.31 Å². The van der Waals surface area contributed by atoms with Crippen LogP contribution in [-0.4, -0.2) is 32.4 Å².